The molecule has 2 heteroatoms. The van der Waals surface area contributed by atoms with E-state index in [2.05, 4.69) is 196 Å². The van der Waals surface area contributed by atoms with Crippen molar-refractivity contribution in [2.24, 2.45) is 0 Å². The molecule has 1 aromatic heterocycles. The summed E-state index contributed by atoms with van der Waals surface area (Å²) in [7, 11) is 0. The summed E-state index contributed by atoms with van der Waals surface area (Å²) in [5, 5.41) is 7.64. The van der Waals surface area contributed by atoms with Crippen LogP contribution in [0.5, 0.6) is 0 Å². The Morgan fingerprint density at radius 2 is 1.09 bits per heavy atom. The third-order valence-corrected chi connectivity index (χ3v) is 12.5. The molecule has 2 aliphatic rings. The number of hydrogen-bond donors (Lipinski definition) is 0. The highest BCUT2D eigenvalue weighted by atomic mass is 15.1. The van der Waals surface area contributed by atoms with Crippen LogP contribution in [-0.4, -0.2) is 4.57 Å². The molecule has 0 saturated carbocycles. The second-order valence-corrected chi connectivity index (χ2v) is 16.3. The molecule has 254 valence electrons. The van der Waals surface area contributed by atoms with Crippen molar-refractivity contribution in [1.82, 2.24) is 4.57 Å². The zero-order valence-corrected chi connectivity index (χ0v) is 30.8. The van der Waals surface area contributed by atoms with Gasteiger partial charge in [-0.1, -0.05) is 137 Å². The Hall–Kier alpha value is -6.12. The van der Waals surface area contributed by atoms with Gasteiger partial charge in [0.2, 0.25) is 0 Å². The molecule has 0 aliphatic carbocycles. The average molecular weight is 681 g/mol. The Morgan fingerprint density at radius 3 is 1.91 bits per heavy atom. The highest BCUT2D eigenvalue weighted by molar-refractivity contribution is 6.16. The minimum Gasteiger partial charge on any atom is -0.310 e. The van der Waals surface area contributed by atoms with Crippen molar-refractivity contribution in [3.63, 3.8) is 0 Å². The second kappa shape index (κ2) is 10.5. The summed E-state index contributed by atoms with van der Waals surface area (Å²) in [5.41, 5.74) is 16.7. The van der Waals surface area contributed by atoms with Crippen molar-refractivity contribution < 1.29 is 0 Å². The lowest BCUT2D eigenvalue weighted by Crippen LogP contribution is -2.33. The van der Waals surface area contributed by atoms with E-state index < -0.39 is 0 Å². The summed E-state index contributed by atoms with van der Waals surface area (Å²) in [6, 6.07) is 56.9. The Bertz CT molecular complexity index is 3030. The fourth-order valence-electron chi connectivity index (χ4n) is 9.88. The molecule has 0 N–H and O–H groups in total. The Labute approximate surface area is 310 Å². The van der Waals surface area contributed by atoms with Crippen LogP contribution in [0.2, 0.25) is 0 Å². The quantitative estimate of drug-likeness (QED) is 0.180. The van der Waals surface area contributed by atoms with Gasteiger partial charge in [-0.15, -0.1) is 0 Å². The van der Waals surface area contributed by atoms with E-state index in [4.69, 9.17) is 0 Å². The summed E-state index contributed by atoms with van der Waals surface area (Å²) in [5.74, 6) is 0. The molecule has 11 rings (SSSR count). The van der Waals surface area contributed by atoms with E-state index in [1.54, 1.807) is 0 Å². The van der Waals surface area contributed by atoms with E-state index in [1.807, 2.05) is 0 Å². The second-order valence-electron chi connectivity index (χ2n) is 16.3. The van der Waals surface area contributed by atoms with Crippen molar-refractivity contribution in [2.45, 2.75) is 45.4 Å². The first-order valence-electron chi connectivity index (χ1n) is 18.9. The predicted molar refractivity (Wildman–Crippen MR) is 225 cm³/mol. The molecular weight excluding hydrogens is 641 g/mol. The fraction of sp³-hybridized carbons (Fsp3) is 0.137. The molecule has 2 aliphatic heterocycles. The van der Waals surface area contributed by atoms with E-state index in [-0.39, 0.29) is 10.8 Å². The zero-order valence-electron chi connectivity index (χ0n) is 30.8. The van der Waals surface area contributed by atoms with Crippen LogP contribution in [0.25, 0.3) is 60.2 Å². The molecule has 0 spiro atoms. The normalized spacial score (nSPS) is 14.8. The highest BCUT2D eigenvalue weighted by Gasteiger charge is 2.43. The van der Waals surface area contributed by atoms with Crippen LogP contribution in [-0.2, 0) is 10.8 Å². The lowest BCUT2D eigenvalue weighted by Gasteiger charge is -2.42. The number of aryl methyl sites for hydroxylation is 1. The Morgan fingerprint density at radius 1 is 0.453 bits per heavy atom. The van der Waals surface area contributed by atoms with Gasteiger partial charge < -0.3 is 9.47 Å². The van der Waals surface area contributed by atoms with Crippen LogP contribution in [0.4, 0.5) is 17.1 Å². The largest absolute Gasteiger partial charge is 0.310 e. The first kappa shape index (κ1) is 30.5. The van der Waals surface area contributed by atoms with Crippen LogP contribution >= 0.6 is 0 Å². The smallest absolute Gasteiger partial charge is 0.0582 e. The van der Waals surface area contributed by atoms with Crippen molar-refractivity contribution in [1.29, 1.82) is 0 Å². The molecule has 0 saturated heterocycles. The highest BCUT2D eigenvalue weighted by Crippen LogP contribution is 2.56. The number of nitrogens with zero attached hydrogens (tertiary/aromatic N) is 2. The molecule has 3 heterocycles. The van der Waals surface area contributed by atoms with Gasteiger partial charge in [0, 0.05) is 38.4 Å². The topological polar surface area (TPSA) is 8.17 Å². The molecule has 0 fully saturated rings. The van der Waals surface area contributed by atoms with Crippen LogP contribution in [0.15, 0.2) is 152 Å². The maximum absolute atomic E-state index is 2.62. The predicted octanol–water partition coefficient (Wildman–Crippen LogP) is 13.8. The Kier molecular flexibility index (Phi) is 6.03. The minimum absolute atomic E-state index is 0.0914. The van der Waals surface area contributed by atoms with E-state index in [0.717, 1.165) is 11.4 Å². The SMILES string of the molecule is Cc1cccc(N(c2ccc3ccccc3c2)c2ccc(-c3cc4c5c(c3)c3cccc6c3n5-c3c(cccc3C4(C)C)C6(C)C)c3ccccc23)c1. The maximum atomic E-state index is 2.62. The minimum atomic E-state index is -0.175. The lowest BCUT2D eigenvalue weighted by atomic mass is 9.68. The number of benzene rings is 8. The fourth-order valence-corrected chi connectivity index (χ4v) is 9.88. The van der Waals surface area contributed by atoms with Crippen LogP contribution in [0, 0.1) is 6.92 Å². The molecule has 0 unspecified atom stereocenters. The molecule has 2 nitrogen and oxygen atoms in total. The number of para-hydroxylation sites is 2. The Balaban J connectivity index is 1.19. The molecule has 0 radical (unpaired) electrons. The number of aromatic nitrogens is 1. The summed E-state index contributed by atoms with van der Waals surface area (Å²) in [4.78, 5) is 2.43. The number of anilines is 3. The van der Waals surface area contributed by atoms with Gasteiger partial charge in [-0.05, 0) is 104 Å². The number of rotatable bonds is 4. The van der Waals surface area contributed by atoms with E-state index >= 15 is 0 Å². The molecule has 0 bridgehead atoms. The summed E-state index contributed by atoms with van der Waals surface area (Å²) in [6.07, 6.45) is 0. The van der Waals surface area contributed by atoms with Gasteiger partial charge in [0.25, 0.3) is 0 Å². The van der Waals surface area contributed by atoms with E-state index in [0.29, 0.717) is 0 Å². The molecule has 53 heavy (non-hydrogen) atoms. The average Bonchev–Trinajstić information content (AvgIpc) is 3.51. The lowest BCUT2D eigenvalue weighted by molar-refractivity contribution is 0.594. The molecular formula is C51H40N2. The van der Waals surface area contributed by atoms with Crippen molar-refractivity contribution >= 4 is 60.4 Å². The summed E-state index contributed by atoms with van der Waals surface area (Å²) in [6.45, 7) is 11.8. The monoisotopic (exact) mass is 680 g/mol. The van der Waals surface area contributed by atoms with Gasteiger partial charge >= 0.3 is 0 Å². The summed E-state index contributed by atoms with van der Waals surface area (Å²) >= 11 is 0. The number of fused-ring (bicyclic) bond motifs is 3. The maximum Gasteiger partial charge on any atom is 0.0582 e. The van der Waals surface area contributed by atoms with Gasteiger partial charge in [-0.2, -0.15) is 0 Å². The first-order valence-corrected chi connectivity index (χ1v) is 18.9. The van der Waals surface area contributed by atoms with Gasteiger partial charge in [0.1, 0.15) is 0 Å². The third-order valence-electron chi connectivity index (χ3n) is 12.5. The standard InChI is InChI=1S/C51H40N2/c1-31-13-10-16-35(27-31)52(36-24-23-32-14-6-7-15-33(32)28-36)46-26-25-37(38-17-8-9-18-39(38)46)34-29-41-40-19-11-20-42-47(40)53-48(41)45(30-34)51(4,5)44-22-12-21-43(49(44)53)50(42,2)3/h6-30H,1-5H3. The van der Waals surface area contributed by atoms with Crippen molar-refractivity contribution in [3.8, 4) is 16.8 Å². The molecule has 9 aromatic rings. The van der Waals surface area contributed by atoms with Crippen molar-refractivity contribution in [2.75, 3.05) is 4.90 Å². The van der Waals surface area contributed by atoms with E-state index in [1.165, 1.54) is 93.7 Å². The van der Waals surface area contributed by atoms with Crippen molar-refractivity contribution in [3.05, 3.63) is 179 Å². The van der Waals surface area contributed by atoms with Gasteiger partial charge in [0.15, 0.2) is 0 Å². The molecule has 8 aromatic carbocycles. The van der Waals surface area contributed by atoms with Gasteiger partial charge in [-0.25, -0.2) is 0 Å². The number of hydrogen-bond acceptors (Lipinski definition) is 1. The summed E-state index contributed by atoms with van der Waals surface area (Å²) < 4.78 is 2.62. The van der Waals surface area contributed by atoms with Gasteiger partial charge in [0.05, 0.1) is 22.4 Å². The van der Waals surface area contributed by atoms with Crippen LogP contribution < -0.4 is 4.90 Å². The van der Waals surface area contributed by atoms with Gasteiger partial charge in [-0.3, -0.25) is 0 Å². The van der Waals surface area contributed by atoms with Crippen LogP contribution in [0.3, 0.4) is 0 Å². The first-order chi connectivity index (χ1) is 25.7. The molecule has 0 amide bonds. The van der Waals surface area contributed by atoms with E-state index in [9.17, 15) is 0 Å². The van der Waals surface area contributed by atoms with Crippen LogP contribution in [0.1, 0.15) is 55.5 Å². The molecule has 0 atom stereocenters. The third kappa shape index (κ3) is 4.04. The zero-order chi connectivity index (χ0) is 35.8.